The molecule has 1 aliphatic heterocycles. The molecule has 0 fully saturated rings. The minimum absolute atomic E-state index is 0.0303. The number of hydrogen-bond acceptors (Lipinski definition) is 5. The minimum Gasteiger partial charge on any atom is -0.461 e. The van der Waals surface area contributed by atoms with Crippen molar-refractivity contribution >= 4 is 16.9 Å². The second kappa shape index (κ2) is 7.09. The van der Waals surface area contributed by atoms with Gasteiger partial charge in [0.1, 0.15) is 11.5 Å². The van der Waals surface area contributed by atoms with E-state index in [0.717, 1.165) is 12.8 Å². The van der Waals surface area contributed by atoms with Crippen LogP contribution in [0.4, 0.5) is 0 Å². The van der Waals surface area contributed by atoms with E-state index in [1.165, 1.54) is 0 Å². The van der Waals surface area contributed by atoms with Crippen molar-refractivity contribution in [3.63, 3.8) is 0 Å². The van der Waals surface area contributed by atoms with Gasteiger partial charge >= 0.3 is 5.97 Å². The van der Waals surface area contributed by atoms with Gasteiger partial charge in [0.2, 0.25) is 0 Å². The molecule has 0 atom stereocenters. The van der Waals surface area contributed by atoms with Gasteiger partial charge in [-0.1, -0.05) is 32.1 Å². The van der Waals surface area contributed by atoms with Gasteiger partial charge in [-0.05, 0) is 31.9 Å². The predicted octanol–water partition coefficient (Wildman–Crippen LogP) is 2.70. The molecule has 0 aliphatic carbocycles. The highest BCUT2D eigenvalue weighted by Gasteiger charge is 2.27. The van der Waals surface area contributed by atoms with E-state index in [1.807, 2.05) is 38.1 Å². The Hall–Kier alpha value is -2.63. The van der Waals surface area contributed by atoms with Gasteiger partial charge in [0, 0.05) is 12.5 Å². The lowest BCUT2D eigenvalue weighted by Gasteiger charge is -2.32. The lowest BCUT2D eigenvalue weighted by Crippen LogP contribution is -2.48. The van der Waals surface area contributed by atoms with E-state index >= 15 is 0 Å². The minimum atomic E-state index is -0.406. The molecule has 0 N–H and O–H groups in total. The molecule has 0 unspecified atom stereocenters. The third-order valence-corrected chi connectivity index (χ3v) is 4.21. The summed E-state index contributed by atoms with van der Waals surface area (Å²) in [6, 6.07) is 7.30. The number of carbonyl (C=O) groups excluding carboxylic acids is 1. The first-order valence-corrected chi connectivity index (χ1v) is 8.71. The van der Waals surface area contributed by atoms with Crippen molar-refractivity contribution < 1.29 is 9.53 Å². The van der Waals surface area contributed by atoms with Crippen LogP contribution in [0.1, 0.15) is 45.4 Å². The fourth-order valence-corrected chi connectivity index (χ4v) is 3.06. The number of nitrogens with zero attached hydrogens (tertiary/aromatic N) is 3. The summed E-state index contributed by atoms with van der Waals surface area (Å²) in [6.45, 7) is 6.63. The van der Waals surface area contributed by atoms with Crippen molar-refractivity contribution in [2.45, 2.75) is 39.5 Å². The first-order valence-electron chi connectivity index (χ1n) is 8.71. The Morgan fingerprint density at radius 1 is 1.32 bits per heavy atom. The lowest BCUT2D eigenvalue weighted by atomic mass is 10.1. The summed E-state index contributed by atoms with van der Waals surface area (Å²) in [5, 5.41) is 2.26. The quantitative estimate of drug-likeness (QED) is 0.800. The van der Waals surface area contributed by atoms with Gasteiger partial charge in [0.25, 0.3) is 5.56 Å². The molecule has 0 saturated carbocycles. The number of benzene rings is 1. The lowest BCUT2D eigenvalue weighted by molar-refractivity contribution is -0.138. The molecular formula is C19H23N3O3. The van der Waals surface area contributed by atoms with Crippen molar-refractivity contribution in [2.24, 2.45) is 0 Å². The third-order valence-electron chi connectivity index (χ3n) is 4.21. The monoisotopic (exact) mass is 341 g/mol. The standard InChI is InChI=1S/C19H23N3O3/c1-4-25-19(24)16-11-7-8-12-21(16)22-17(13(2)3)20-15-10-6-5-9-14(15)18(22)23/h5-6,9-11,13H,4,7-8,12H2,1-3H3. The van der Waals surface area contributed by atoms with E-state index in [-0.39, 0.29) is 11.5 Å². The summed E-state index contributed by atoms with van der Waals surface area (Å²) in [5.41, 5.74) is 0.923. The normalized spacial score (nSPS) is 14.7. The van der Waals surface area contributed by atoms with Crippen molar-refractivity contribution in [2.75, 3.05) is 18.2 Å². The molecule has 6 nitrogen and oxygen atoms in total. The Morgan fingerprint density at radius 3 is 2.80 bits per heavy atom. The van der Waals surface area contributed by atoms with Crippen LogP contribution in [0.2, 0.25) is 0 Å². The zero-order valence-electron chi connectivity index (χ0n) is 14.9. The van der Waals surface area contributed by atoms with Gasteiger partial charge in [-0.15, -0.1) is 0 Å². The van der Waals surface area contributed by atoms with Crippen molar-refractivity contribution in [1.82, 2.24) is 9.66 Å². The highest BCUT2D eigenvalue weighted by Crippen LogP contribution is 2.20. The highest BCUT2D eigenvalue weighted by atomic mass is 16.5. The molecule has 1 aromatic heterocycles. The van der Waals surface area contributed by atoms with Crippen LogP contribution < -0.4 is 10.6 Å². The molecule has 1 aromatic carbocycles. The molecule has 1 aliphatic rings. The number of carbonyl (C=O) groups is 1. The van der Waals surface area contributed by atoms with Crippen LogP contribution in [0.15, 0.2) is 40.8 Å². The maximum atomic E-state index is 13.2. The number of para-hydroxylation sites is 1. The second-order valence-electron chi connectivity index (χ2n) is 6.33. The zero-order chi connectivity index (χ0) is 18.0. The topological polar surface area (TPSA) is 64.4 Å². The number of esters is 1. The Morgan fingerprint density at radius 2 is 2.08 bits per heavy atom. The summed E-state index contributed by atoms with van der Waals surface area (Å²) >= 11 is 0. The fraction of sp³-hybridized carbons (Fsp3) is 0.421. The largest absolute Gasteiger partial charge is 0.461 e. The van der Waals surface area contributed by atoms with E-state index < -0.39 is 5.97 Å². The van der Waals surface area contributed by atoms with Crippen LogP contribution in [-0.2, 0) is 9.53 Å². The van der Waals surface area contributed by atoms with Gasteiger partial charge in [0.15, 0.2) is 0 Å². The average molecular weight is 341 g/mol. The van der Waals surface area contributed by atoms with Gasteiger partial charge in [-0.25, -0.2) is 14.5 Å². The molecule has 0 spiro atoms. The molecule has 6 heteroatoms. The molecule has 0 saturated heterocycles. The maximum absolute atomic E-state index is 13.2. The molecule has 25 heavy (non-hydrogen) atoms. The van der Waals surface area contributed by atoms with Crippen molar-refractivity contribution in [1.29, 1.82) is 0 Å². The van der Waals surface area contributed by atoms with Crippen LogP contribution in [0.5, 0.6) is 0 Å². The third kappa shape index (κ3) is 3.16. The average Bonchev–Trinajstić information content (AvgIpc) is 2.62. The number of fused-ring (bicyclic) bond motifs is 1. The Kier molecular flexibility index (Phi) is 4.88. The van der Waals surface area contributed by atoms with Gasteiger partial charge in [-0.3, -0.25) is 9.80 Å². The maximum Gasteiger partial charge on any atom is 0.356 e. The number of allylic oxidation sites excluding steroid dienone is 1. The van der Waals surface area contributed by atoms with Crippen molar-refractivity contribution in [3.8, 4) is 0 Å². The second-order valence-corrected chi connectivity index (χ2v) is 6.33. The SMILES string of the molecule is CCOC(=O)C1=CCCCN1n1c(C(C)C)nc2ccccc2c1=O. The molecule has 3 rings (SSSR count). The summed E-state index contributed by atoms with van der Waals surface area (Å²) in [7, 11) is 0. The van der Waals surface area contributed by atoms with Crippen molar-refractivity contribution in [3.05, 3.63) is 52.2 Å². The molecule has 0 amide bonds. The molecular weight excluding hydrogens is 318 g/mol. The van der Waals surface area contributed by atoms with Crippen LogP contribution >= 0.6 is 0 Å². The Balaban J connectivity index is 2.22. The number of hydrogen-bond donors (Lipinski definition) is 0. The highest BCUT2D eigenvalue weighted by molar-refractivity contribution is 5.90. The zero-order valence-corrected chi connectivity index (χ0v) is 14.9. The number of aromatic nitrogens is 2. The number of rotatable bonds is 4. The predicted molar refractivity (Wildman–Crippen MR) is 97.1 cm³/mol. The van der Waals surface area contributed by atoms with E-state index in [1.54, 1.807) is 22.7 Å². The van der Waals surface area contributed by atoms with Crippen LogP contribution in [0, 0.1) is 0 Å². The van der Waals surface area contributed by atoms with E-state index in [0.29, 0.717) is 35.6 Å². The van der Waals surface area contributed by atoms with Gasteiger partial charge in [-0.2, -0.15) is 0 Å². The Bertz CT molecular complexity index is 883. The first-order chi connectivity index (χ1) is 12.0. The van der Waals surface area contributed by atoms with Gasteiger partial charge < -0.3 is 4.74 Å². The molecule has 2 aromatic rings. The van der Waals surface area contributed by atoms with Crippen LogP contribution in [0.3, 0.4) is 0 Å². The van der Waals surface area contributed by atoms with Crippen LogP contribution in [-0.4, -0.2) is 28.8 Å². The summed E-state index contributed by atoms with van der Waals surface area (Å²) in [4.78, 5) is 30.2. The summed E-state index contributed by atoms with van der Waals surface area (Å²) in [5.74, 6) is 0.264. The first kappa shape index (κ1) is 17.2. The molecule has 0 bridgehead atoms. The smallest absolute Gasteiger partial charge is 0.356 e. The van der Waals surface area contributed by atoms with E-state index in [2.05, 4.69) is 0 Å². The fourth-order valence-electron chi connectivity index (χ4n) is 3.06. The molecule has 0 radical (unpaired) electrons. The van der Waals surface area contributed by atoms with E-state index in [4.69, 9.17) is 9.72 Å². The molecule has 2 heterocycles. The summed E-state index contributed by atoms with van der Waals surface area (Å²) < 4.78 is 6.73. The summed E-state index contributed by atoms with van der Waals surface area (Å²) in [6.07, 6.45) is 3.49. The molecule has 132 valence electrons. The Labute approximate surface area is 146 Å². The van der Waals surface area contributed by atoms with Gasteiger partial charge in [0.05, 0.1) is 17.5 Å². The van der Waals surface area contributed by atoms with Crippen LogP contribution in [0.25, 0.3) is 10.9 Å². The number of ether oxygens (including phenoxy) is 1. The van der Waals surface area contributed by atoms with E-state index in [9.17, 15) is 9.59 Å².